The highest BCUT2D eigenvalue weighted by Crippen LogP contribution is 1.91. The zero-order valence-electron chi connectivity index (χ0n) is 8.56. The zero-order chi connectivity index (χ0) is 11.8. The first-order valence-electron chi connectivity index (χ1n) is 4.51. The Kier molecular flexibility index (Phi) is 5.84. The van der Waals surface area contributed by atoms with Crippen LogP contribution in [0.1, 0.15) is 19.8 Å². The normalized spacial score (nSPS) is 11.5. The topological polar surface area (TPSA) is 131 Å². The lowest BCUT2D eigenvalue weighted by Crippen LogP contribution is -2.38. The second kappa shape index (κ2) is 6.63. The van der Waals surface area contributed by atoms with Crippen molar-refractivity contribution in [2.75, 3.05) is 6.54 Å². The standard InChI is InChI=1S/C8H16N4O3/c1-5(7(14)15)12-6(13)3-2-4-11-8(9)10/h5H,2-4H2,1H3,(H,12,13)(H,14,15)(H4,9,10,11). The predicted octanol–water partition coefficient (Wildman–Crippen LogP) is -1.37. The fourth-order valence-corrected chi connectivity index (χ4v) is 0.823. The van der Waals surface area contributed by atoms with Crippen molar-refractivity contribution in [1.82, 2.24) is 5.32 Å². The molecule has 7 heteroatoms. The molecular weight excluding hydrogens is 200 g/mol. The minimum atomic E-state index is -1.06. The summed E-state index contributed by atoms with van der Waals surface area (Å²) < 4.78 is 0. The molecule has 1 atom stereocenters. The Morgan fingerprint density at radius 3 is 2.53 bits per heavy atom. The number of rotatable bonds is 6. The highest BCUT2D eigenvalue weighted by atomic mass is 16.4. The summed E-state index contributed by atoms with van der Waals surface area (Å²) in [5, 5.41) is 10.8. The molecule has 0 saturated carbocycles. The molecule has 0 aliphatic heterocycles. The van der Waals surface area contributed by atoms with Crippen molar-refractivity contribution in [2.45, 2.75) is 25.8 Å². The van der Waals surface area contributed by atoms with Crippen LogP contribution in [0, 0.1) is 0 Å². The number of carbonyl (C=O) groups is 2. The third kappa shape index (κ3) is 7.29. The molecule has 15 heavy (non-hydrogen) atoms. The molecule has 0 radical (unpaired) electrons. The van der Waals surface area contributed by atoms with Gasteiger partial charge in [-0.1, -0.05) is 0 Å². The number of aliphatic carboxylic acids is 1. The van der Waals surface area contributed by atoms with Crippen molar-refractivity contribution in [3.8, 4) is 0 Å². The molecule has 86 valence electrons. The van der Waals surface area contributed by atoms with E-state index in [-0.39, 0.29) is 18.3 Å². The van der Waals surface area contributed by atoms with Gasteiger partial charge < -0.3 is 21.9 Å². The van der Waals surface area contributed by atoms with Gasteiger partial charge in [0.05, 0.1) is 0 Å². The summed E-state index contributed by atoms with van der Waals surface area (Å²) in [6.07, 6.45) is 0.685. The molecule has 0 aliphatic carbocycles. The van der Waals surface area contributed by atoms with E-state index in [1.54, 1.807) is 0 Å². The largest absolute Gasteiger partial charge is 0.480 e. The van der Waals surface area contributed by atoms with E-state index in [9.17, 15) is 9.59 Å². The number of amides is 1. The Bertz CT molecular complexity index is 261. The zero-order valence-corrected chi connectivity index (χ0v) is 8.56. The summed E-state index contributed by atoms with van der Waals surface area (Å²) in [6.45, 7) is 1.76. The molecule has 0 aromatic rings. The number of aliphatic imine (C=N–C) groups is 1. The van der Waals surface area contributed by atoms with Crippen molar-refractivity contribution in [3.05, 3.63) is 0 Å². The summed E-state index contributed by atoms with van der Waals surface area (Å²) in [7, 11) is 0. The van der Waals surface area contributed by atoms with Crippen LogP contribution < -0.4 is 16.8 Å². The lowest BCUT2D eigenvalue weighted by molar-refractivity contribution is -0.141. The van der Waals surface area contributed by atoms with Gasteiger partial charge in [0.1, 0.15) is 6.04 Å². The van der Waals surface area contributed by atoms with Crippen molar-refractivity contribution >= 4 is 17.8 Å². The van der Waals surface area contributed by atoms with Crippen LogP contribution in [0.25, 0.3) is 0 Å². The second-order valence-electron chi connectivity index (χ2n) is 3.04. The smallest absolute Gasteiger partial charge is 0.325 e. The van der Waals surface area contributed by atoms with Crippen LogP contribution in [0.3, 0.4) is 0 Å². The number of guanidine groups is 1. The maximum Gasteiger partial charge on any atom is 0.325 e. The van der Waals surface area contributed by atoms with Crippen molar-refractivity contribution in [1.29, 1.82) is 0 Å². The van der Waals surface area contributed by atoms with Crippen molar-refractivity contribution in [3.63, 3.8) is 0 Å². The van der Waals surface area contributed by atoms with E-state index in [0.29, 0.717) is 13.0 Å². The number of carbonyl (C=O) groups excluding carboxylic acids is 1. The average Bonchev–Trinajstić information content (AvgIpc) is 2.12. The van der Waals surface area contributed by atoms with E-state index in [0.717, 1.165) is 0 Å². The summed E-state index contributed by atoms with van der Waals surface area (Å²) in [4.78, 5) is 25.2. The highest BCUT2D eigenvalue weighted by molar-refractivity contribution is 5.83. The molecular formula is C8H16N4O3. The van der Waals surface area contributed by atoms with Crippen LogP contribution in [-0.4, -0.2) is 35.5 Å². The highest BCUT2D eigenvalue weighted by Gasteiger charge is 2.12. The third-order valence-corrected chi connectivity index (χ3v) is 1.60. The Hall–Kier alpha value is -1.79. The lowest BCUT2D eigenvalue weighted by atomic mass is 10.2. The molecule has 0 fully saturated rings. The van der Waals surface area contributed by atoms with Crippen LogP contribution in [0.15, 0.2) is 4.99 Å². The van der Waals surface area contributed by atoms with E-state index < -0.39 is 12.0 Å². The SMILES string of the molecule is CC(NC(=O)CCCN=C(N)N)C(=O)O. The molecule has 0 rings (SSSR count). The minimum Gasteiger partial charge on any atom is -0.480 e. The van der Waals surface area contributed by atoms with Gasteiger partial charge in [-0.25, -0.2) is 0 Å². The maximum absolute atomic E-state index is 11.1. The van der Waals surface area contributed by atoms with Crippen molar-refractivity contribution < 1.29 is 14.7 Å². The van der Waals surface area contributed by atoms with Gasteiger partial charge >= 0.3 is 5.97 Å². The lowest BCUT2D eigenvalue weighted by Gasteiger charge is -2.08. The molecule has 6 N–H and O–H groups in total. The van der Waals surface area contributed by atoms with Gasteiger partial charge in [-0.2, -0.15) is 0 Å². The van der Waals surface area contributed by atoms with Gasteiger partial charge in [-0.15, -0.1) is 0 Å². The second-order valence-corrected chi connectivity index (χ2v) is 3.04. The maximum atomic E-state index is 11.1. The first-order chi connectivity index (χ1) is 6.93. The molecule has 0 heterocycles. The summed E-state index contributed by atoms with van der Waals surface area (Å²) >= 11 is 0. The van der Waals surface area contributed by atoms with Crippen LogP contribution in [0.2, 0.25) is 0 Å². The van der Waals surface area contributed by atoms with Gasteiger partial charge in [-0.05, 0) is 13.3 Å². The molecule has 1 unspecified atom stereocenters. The Morgan fingerprint density at radius 1 is 1.47 bits per heavy atom. The average molecular weight is 216 g/mol. The first kappa shape index (κ1) is 13.2. The van der Waals surface area contributed by atoms with Crippen LogP contribution >= 0.6 is 0 Å². The Labute approximate surface area is 87.5 Å². The molecule has 7 nitrogen and oxygen atoms in total. The van der Waals surface area contributed by atoms with E-state index >= 15 is 0 Å². The molecule has 0 aromatic carbocycles. The summed E-state index contributed by atoms with van der Waals surface area (Å²) in [5.41, 5.74) is 10.2. The quantitative estimate of drug-likeness (QED) is 0.247. The van der Waals surface area contributed by atoms with Crippen molar-refractivity contribution in [2.24, 2.45) is 16.5 Å². The molecule has 0 saturated heterocycles. The molecule has 0 spiro atoms. The summed E-state index contributed by atoms with van der Waals surface area (Å²) in [5.74, 6) is -1.41. The number of nitrogens with zero attached hydrogens (tertiary/aromatic N) is 1. The fourth-order valence-electron chi connectivity index (χ4n) is 0.823. The predicted molar refractivity (Wildman–Crippen MR) is 55.2 cm³/mol. The number of nitrogens with one attached hydrogen (secondary N) is 1. The number of hydrogen-bond acceptors (Lipinski definition) is 3. The molecule has 0 bridgehead atoms. The Balaban J connectivity index is 3.67. The third-order valence-electron chi connectivity index (χ3n) is 1.60. The summed E-state index contributed by atoms with van der Waals surface area (Å²) in [6, 6.07) is -0.874. The minimum absolute atomic E-state index is 0.0192. The number of carboxylic acids is 1. The number of nitrogens with two attached hydrogens (primary N) is 2. The van der Waals surface area contributed by atoms with E-state index in [1.807, 2.05) is 0 Å². The van der Waals surface area contributed by atoms with Gasteiger partial charge in [-0.3, -0.25) is 14.6 Å². The van der Waals surface area contributed by atoms with E-state index in [2.05, 4.69) is 10.3 Å². The van der Waals surface area contributed by atoms with Gasteiger partial charge in [0.25, 0.3) is 0 Å². The molecule has 0 aliphatic rings. The monoisotopic (exact) mass is 216 g/mol. The first-order valence-corrected chi connectivity index (χ1v) is 4.51. The molecule has 0 aromatic heterocycles. The van der Waals surface area contributed by atoms with Crippen LogP contribution in [0.4, 0.5) is 0 Å². The van der Waals surface area contributed by atoms with E-state index in [1.165, 1.54) is 6.92 Å². The van der Waals surface area contributed by atoms with Gasteiger partial charge in [0.15, 0.2) is 5.96 Å². The Morgan fingerprint density at radius 2 is 2.07 bits per heavy atom. The van der Waals surface area contributed by atoms with Gasteiger partial charge in [0, 0.05) is 13.0 Å². The molecule has 1 amide bonds. The van der Waals surface area contributed by atoms with Crippen LogP contribution in [0.5, 0.6) is 0 Å². The van der Waals surface area contributed by atoms with E-state index in [4.69, 9.17) is 16.6 Å². The number of carboxylic acid groups (broad SMARTS) is 1. The van der Waals surface area contributed by atoms with Gasteiger partial charge in [0.2, 0.25) is 5.91 Å². The number of hydrogen-bond donors (Lipinski definition) is 4. The fraction of sp³-hybridized carbons (Fsp3) is 0.625. The van der Waals surface area contributed by atoms with Crippen LogP contribution in [-0.2, 0) is 9.59 Å².